The summed E-state index contributed by atoms with van der Waals surface area (Å²) >= 11 is 0. The maximum Gasteiger partial charge on any atom is 0.191 e. The minimum atomic E-state index is 0. The van der Waals surface area contributed by atoms with E-state index in [1.807, 2.05) is 30.3 Å². The highest BCUT2D eigenvalue weighted by Crippen LogP contribution is 2.13. The van der Waals surface area contributed by atoms with E-state index in [1.165, 1.54) is 5.69 Å². The summed E-state index contributed by atoms with van der Waals surface area (Å²) in [5, 5.41) is 16.1. The Labute approximate surface area is 186 Å². The maximum absolute atomic E-state index is 9.45. The fourth-order valence-electron chi connectivity index (χ4n) is 2.96. The van der Waals surface area contributed by atoms with Gasteiger partial charge in [-0.25, -0.2) is 4.99 Å². The van der Waals surface area contributed by atoms with E-state index in [9.17, 15) is 5.11 Å². The molecule has 0 amide bonds. The average Bonchev–Trinajstić information content (AvgIpc) is 2.72. The molecule has 0 radical (unpaired) electrons. The van der Waals surface area contributed by atoms with Crippen molar-refractivity contribution in [1.29, 1.82) is 0 Å². The van der Waals surface area contributed by atoms with Gasteiger partial charge in [0.2, 0.25) is 0 Å². The zero-order valence-electron chi connectivity index (χ0n) is 16.9. The molecule has 154 valence electrons. The lowest BCUT2D eigenvalue weighted by Crippen LogP contribution is -2.38. The number of guanidine groups is 1. The van der Waals surface area contributed by atoms with Crippen LogP contribution < -0.4 is 15.5 Å². The predicted octanol–water partition coefficient (Wildman–Crippen LogP) is 3.77. The summed E-state index contributed by atoms with van der Waals surface area (Å²) in [6, 6.07) is 18.4. The molecule has 0 saturated heterocycles. The number of rotatable bonds is 10. The van der Waals surface area contributed by atoms with Crippen molar-refractivity contribution in [2.24, 2.45) is 4.99 Å². The largest absolute Gasteiger partial charge is 0.392 e. The SMILES string of the molecule is CCNC(=NCc1ccccc1CO)NCCCN(CC)c1ccccc1.I. The third kappa shape index (κ3) is 8.06. The van der Waals surface area contributed by atoms with Crippen molar-refractivity contribution in [2.45, 2.75) is 33.4 Å². The van der Waals surface area contributed by atoms with E-state index in [0.29, 0.717) is 6.54 Å². The average molecular weight is 496 g/mol. The first-order valence-electron chi connectivity index (χ1n) is 9.78. The van der Waals surface area contributed by atoms with Crippen LogP contribution in [0.4, 0.5) is 5.69 Å². The van der Waals surface area contributed by atoms with E-state index in [-0.39, 0.29) is 30.6 Å². The highest BCUT2D eigenvalue weighted by atomic mass is 127. The molecule has 0 unspecified atom stereocenters. The van der Waals surface area contributed by atoms with Gasteiger partial charge in [0.05, 0.1) is 13.2 Å². The molecule has 0 saturated carbocycles. The molecule has 2 aromatic carbocycles. The summed E-state index contributed by atoms with van der Waals surface area (Å²) in [4.78, 5) is 7.04. The van der Waals surface area contributed by atoms with E-state index in [1.54, 1.807) is 0 Å². The van der Waals surface area contributed by atoms with Crippen molar-refractivity contribution in [2.75, 3.05) is 31.1 Å². The summed E-state index contributed by atoms with van der Waals surface area (Å²) in [6.45, 7) is 8.52. The minimum Gasteiger partial charge on any atom is -0.392 e. The molecule has 3 N–H and O–H groups in total. The van der Waals surface area contributed by atoms with E-state index in [2.05, 4.69) is 58.6 Å². The van der Waals surface area contributed by atoms with Crippen molar-refractivity contribution >= 4 is 35.6 Å². The number of nitrogens with one attached hydrogen (secondary N) is 2. The first-order valence-corrected chi connectivity index (χ1v) is 9.78. The number of hydrogen-bond donors (Lipinski definition) is 3. The zero-order valence-corrected chi connectivity index (χ0v) is 19.2. The second-order valence-corrected chi connectivity index (χ2v) is 6.32. The molecular weight excluding hydrogens is 463 g/mol. The van der Waals surface area contributed by atoms with Gasteiger partial charge in [-0.05, 0) is 43.5 Å². The first kappa shape index (κ1) is 24.2. The number of para-hydroxylation sites is 1. The molecule has 0 heterocycles. The van der Waals surface area contributed by atoms with Crippen LogP contribution in [-0.4, -0.2) is 37.2 Å². The third-order valence-electron chi connectivity index (χ3n) is 4.44. The van der Waals surface area contributed by atoms with Gasteiger partial charge in [-0.15, -0.1) is 24.0 Å². The summed E-state index contributed by atoms with van der Waals surface area (Å²) in [5.41, 5.74) is 3.25. The number of anilines is 1. The van der Waals surface area contributed by atoms with Crippen LogP contribution in [0, 0.1) is 0 Å². The molecular formula is C22H33IN4O. The van der Waals surface area contributed by atoms with Crippen molar-refractivity contribution in [3.05, 3.63) is 65.7 Å². The molecule has 5 nitrogen and oxygen atoms in total. The summed E-state index contributed by atoms with van der Waals surface area (Å²) < 4.78 is 0. The normalized spacial score (nSPS) is 10.9. The molecule has 0 fully saturated rings. The predicted molar refractivity (Wildman–Crippen MR) is 130 cm³/mol. The highest BCUT2D eigenvalue weighted by Gasteiger charge is 2.04. The minimum absolute atomic E-state index is 0. The number of nitrogens with zero attached hydrogens (tertiary/aromatic N) is 2. The van der Waals surface area contributed by atoms with Crippen LogP contribution >= 0.6 is 24.0 Å². The lowest BCUT2D eigenvalue weighted by atomic mass is 10.1. The van der Waals surface area contributed by atoms with E-state index in [0.717, 1.165) is 49.7 Å². The van der Waals surface area contributed by atoms with E-state index in [4.69, 9.17) is 0 Å². The number of halogens is 1. The Morgan fingerprint density at radius 3 is 2.29 bits per heavy atom. The van der Waals surface area contributed by atoms with Gasteiger partial charge in [-0.1, -0.05) is 42.5 Å². The van der Waals surface area contributed by atoms with Gasteiger partial charge < -0.3 is 20.6 Å². The van der Waals surface area contributed by atoms with Crippen LogP contribution in [0.15, 0.2) is 59.6 Å². The van der Waals surface area contributed by atoms with Crippen LogP contribution in [0.25, 0.3) is 0 Å². The molecule has 0 bridgehead atoms. The number of aliphatic hydroxyl groups is 1. The topological polar surface area (TPSA) is 59.9 Å². The van der Waals surface area contributed by atoms with Crippen molar-refractivity contribution in [3.63, 3.8) is 0 Å². The van der Waals surface area contributed by atoms with Gasteiger partial charge in [0.15, 0.2) is 5.96 Å². The van der Waals surface area contributed by atoms with Gasteiger partial charge in [-0.2, -0.15) is 0 Å². The van der Waals surface area contributed by atoms with Gasteiger partial charge >= 0.3 is 0 Å². The van der Waals surface area contributed by atoms with Crippen molar-refractivity contribution in [1.82, 2.24) is 10.6 Å². The molecule has 6 heteroatoms. The lowest BCUT2D eigenvalue weighted by molar-refractivity contribution is 0.280. The van der Waals surface area contributed by atoms with E-state index >= 15 is 0 Å². The van der Waals surface area contributed by atoms with Gasteiger partial charge in [0.1, 0.15) is 0 Å². The van der Waals surface area contributed by atoms with Crippen LogP contribution in [0.2, 0.25) is 0 Å². The standard InChI is InChI=1S/C22H32N4O.HI/c1-3-23-22(25-17-19-11-8-9-12-20(19)18-27)24-15-10-16-26(4-2)21-13-6-5-7-14-21;/h5-9,11-14,27H,3-4,10,15-18H2,1-2H3,(H2,23,24,25);1H. The molecule has 0 aromatic heterocycles. The van der Waals surface area contributed by atoms with Crippen LogP contribution in [0.5, 0.6) is 0 Å². The van der Waals surface area contributed by atoms with E-state index < -0.39 is 0 Å². The number of benzene rings is 2. The van der Waals surface area contributed by atoms with Crippen LogP contribution in [-0.2, 0) is 13.2 Å². The van der Waals surface area contributed by atoms with Crippen LogP contribution in [0.3, 0.4) is 0 Å². The smallest absolute Gasteiger partial charge is 0.191 e. The van der Waals surface area contributed by atoms with Gasteiger partial charge in [0, 0.05) is 31.9 Å². The summed E-state index contributed by atoms with van der Waals surface area (Å²) in [6.07, 6.45) is 1.03. The molecule has 0 spiro atoms. The summed E-state index contributed by atoms with van der Waals surface area (Å²) in [7, 11) is 0. The Bertz CT molecular complexity index is 694. The highest BCUT2D eigenvalue weighted by molar-refractivity contribution is 14.0. The maximum atomic E-state index is 9.45. The quantitative estimate of drug-likeness (QED) is 0.203. The number of hydrogen-bond acceptors (Lipinski definition) is 3. The van der Waals surface area contributed by atoms with Crippen LogP contribution in [0.1, 0.15) is 31.4 Å². The Balaban J connectivity index is 0.00000392. The molecule has 0 aliphatic carbocycles. The second-order valence-electron chi connectivity index (χ2n) is 6.32. The van der Waals surface area contributed by atoms with Gasteiger partial charge in [0.25, 0.3) is 0 Å². The first-order chi connectivity index (χ1) is 13.3. The molecule has 0 aliphatic rings. The summed E-state index contributed by atoms with van der Waals surface area (Å²) in [5.74, 6) is 0.813. The fourth-order valence-corrected chi connectivity index (χ4v) is 2.96. The Kier molecular flexibility index (Phi) is 12.3. The molecule has 2 aromatic rings. The van der Waals surface area contributed by atoms with Crippen molar-refractivity contribution < 1.29 is 5.11 Å². The second kappa shape index (κ2) is 14.2. The molecule has 0 atom stereocenters. The zero-order chi connectivity index (χ0) is 19.3. The Morgan fingerprint density at radius 1 is 0.964 bits per heavy atom. The molecule has 28 heavy (non-hydrogen) atoms. The van der Waals surface area contributed by atoms with Crippen molar-refractivity contribution in [3.8, 4) is 0 Å². The third-order valence-corrected chi connectivity index (χ3v) is 4.44. The fraction of sp³-hybridized carbons (Fsp3) is 0.409. The lowest BCUT2D eigenvalue weighted by Gasteiger charge is -2.23. The Hall–Kier alpha value is -1.80. The van der Waals surface area contributed by atoms with Gasteiger partial charge in [-0.3, -0.25) is 0 Å². The monoisotopic (exact) mass is 496 g/mol. The number of aliphatic hydroxyl groups excluding tert-OH is 1. The molecule has 0 aliphatic heterocycles. The molecule has 2 rings (SSSR count). The number of aliphatic imine (C=N–C) groups is 1. The Morgan fingerprint density at radius 2 is 1.64 bits per heavy atom.